The molecule has 0 saturated carbocycles. The van der Waals surface area contributed by atoms with Gasteiger partial charge >= 0.3 is 0 Å². The van der Waals surface area contributed by atoms with E-state index >= 15 is 0 Å². The van der Waals surface area contributed by atoms with Crippen LogP contribution in [0.1, 0.15) is 44.6 Å². The molecule has 0 bridgehead atoms. The van der Waals surface area contributed by atoms with Crippen LogP contribution >= 0.6 is 11.6 Å². The SMILES string of the molecule is CCCC1CCCCN1c1cc(Cl)ccc1C#N. The van der Waals surface area contributed by atoms with Crippen LogP contribution in [-0.2, 0) is 0 Å². The minimum absolute atomic E-state index is 0.564. The predicted octanol–water partition coefficient (Wildman–Crippen LogP) is 4.37. The summed E-state index contributed by atoms with van der Waals surface area (Å²) < 4.78 is 0. The van der Waals surface area contributed by atoms with Crippen molar-refractivity contribution in [3.8, 4) is 6.07 Å². The minimum atomic E-state index is 0.564. The first-order valence-electron chi connectivity index (χ1n) is 6.72. The molecule has 0 aromatic heterocycles. The molecule has 0 spiro atoms. The first-order chi connectivity index (χ1) is 8.76. The Bertz CT molecular complexity index is 448. The first-order valence-corrected chi connectivity index (χ1v) is 7.10. The lowest BCUT2D eigenvalue weighted by Gasteiger charge is -2.38. The monoisotopic (exact) mass is 262 g/mol. The summed E-state index contributed by atoms with van der Waals surface area (Å²) in [4.78, 5) is 2.39. The quantitative estimate of drug-likeness (QED) is 0.809. The van der Waals surface area contributed by atoms with Crippen LogP contribution in [0.15, 0.2) is 18.2 Å². The first kappa shape index (κ1) is 13.2. The number of nitriles is 1. The van der Waals surface area contributed by atoms with E-state index in [-0.39, 0.29) is 0 Å². The molecule has 0 amide bonds. The molecule has 2 nitrogen and oxygen atoms in total. The number of hydrogen-bond donors (Lipinski definition) is 0. The van der Waals surface area contributed by atoms with Crippen LogP contribution in [0.5, 0.6) is 0 Å². The standard InChI is InChI=1S/C15H19ClN2/c1-2-5-14-6-3-4-9-18(14)15-10-13(16)8-7-12(15)11-17/h7-8,10,14H,2-6,9H2,1H3. The van der Waals surface area contributed by atoms with Crippen LogP contribution in [0.3, 0.4) is 0 Å². The maximum Gasteiger partial charge on any atom is 0.101 e. The second kappa shape index (κ2) is 6.11. The average molecular weight is 263 g/mol. The highest BCUT2D eigenvalue weighted by Crippen LogP contribution is 2.31. The van der Waals surface area contributed by atoms with Crippen LogP contribution < -0.4 is 4.90 Å². The average Bonchev–Trinajstić information content (AvgIpc) is 2.40. The summed E-state index contributed by atoms with van der Waals surface area (Å²) in [7, 11) is 0. The third-order valence-electron chi connectivity index (χ3n) is 3.64. The van der Waals surface area contributed by atoms with Gasteiger partial charge in [0.05, 0.1) is 11.3 Å². The third-order valence-corrected chi connectivity index (χ3v) is 3.87. The Kier molecular flexibility index (Phi) is 4.49. The molecule has 3 heteroatoms. The summed E-state index contributed by atoms with van der Waals surface area (Å²) >= 11 is 6.08. The highest BCUT2D eigenvalue weighted by Gasteiger charge is 2.23. The molecule has 1 heterocycles. The van der Waals surface area contributed by atoms with Gasteiger partial charge < -0.3 is 4.90 Å². The van der Waals surface area contributed by atoms with Crippen LogP contribution in [-0.4, -0.2) is 12.6 Å². The molecule has 1 unspecified atom stereocenters. The van der Waals surface area contributed by atoms with E-state index in [1.54, 1.807) is 6.07 Å². The van der Waals surface area contributed by atoms with Crippen molar-refractivity contribution < 1.29 is 0 Å². The molecule has 1 aliphatic heterocycles. The molecule has 18 heavy (non-hydrogen) atoms. The largest absolute Gasteiger partial charge is 0.367 e. The summed E-state index contributed by atoms with van der Waals surface area (Å²) in [5.41, 5.74) is 1.76. The maximum atomic E-state index is 9.24. The number of anilines is 1. The fraction of sp³-hybridized carbons (Fsp3) is 0.533. The van der Waals surface area contributed by atoms with Gasteiger partial charge in [-0.15, -0.1) is 0 Å². The molecule has 2 rings (SSSR count). The van der Waals surface area contributed by atoms with Crippen molar-refractivity contribution in [2.75, 3.05) is 11.4 Å². The third kappa shape index (κ3) is 2.79. The minimum Gasteiger partial charge on any atom is -0.367 e. The lowest BCUT2D eigenvalue weighted by molar-refractivity contribution is 0.434. The molecule has 1 aliphatic rings. The number of nitrogens with zero attached hydrogens (tertiary/aromatic N) is 2. The Hall–Kier alpha value is -1.20. The van der Waals surface area contributed by atoms with E-state index in [0.717, 1.165) is 17.8 Å². The van der Waals surface area contributed by atoms with E-state index in [0.29, 0.717) is 11.1 Å². The van der Waals surface area contributed by atoms with Gasteiger partial charge in [-0.3, -0.25) is 0 Å². The van der Waals surface area contributed by atoms with Gasteiger partial charge in [0.2, 0.25) is 0 Å². The zero-order chi connectivity index (χ0) is 13.0. The molecule has 1 saturated heterocycles. The van der Waals surface area contributed by atoms with E-state index in [1.165, 1.54) is 32.1 Å². The Morgan fingerprint density at radius 3 is 3.00 bits per heavy atom. The van der Waals surface area contributed by atoms with Gasteiger partial charge in [0.15, 0.2) is 0 Å². The zero-order valence-electron chi connectivity index (χ0n) is 10.8. The maximum absolute atomic E-state index is 9.24. The number of halogens is 1. The Morgan fingerprint density at radius 2 is 2.28 bits per heavy atom. The molecule has 1 aromatic rings. The van der Waals surface area contributed by atoms with Gasteiger partial charge in [0.25, 0.3) is 0 Å². The Morgan fingerprint density at radius 1 is 1.44 bits per heavy atom. The van der Waals surface area contributed by atoms with Gasteiger partial charge in [-0.25, -0.2) is 0 Å². The number of piperidine rings is 1. The van der Waals surface area contributed by atoms with Crippen molar-refractivity contribution in [3.63, 3.8) is 0 Å². The molecule has 0 N–H and O–H groups in total. The van der Waals surface area contributed by atoms with Crippen molar-refractivity contribution in [1.29, 1.82) is 5.26 Å². The van der Waals surface area contributed by atoms with Gasteiger partial charge in [-0.1, -0.05) is 24.9 Å². The lowest BCUT2D eigenvalue weighted by atomic mass is 9.96. The molecule has 1 fully saturated rings. The van der Waals surface area contributed by atoms with Crippen molar-refractivity contribution in [2.24, 2.45) is 0 Å². The van der Waals surface area contributed by atoms with Crippen LogP contribution in [0.25, 0.3) is 0 Å². The number of rotatable bonds is 3. The van der Waals surface area contributed by atoms with Crippen molar-refractivity contribution in [2.45, 2.75) is 45.1 Å². The van der Waals surface area contributed by atoms with E-state index in [9.17, 15) is 5.26 Å². The molecule has 1 aromatic carbocycles. The van der Waals surface area contributed by atoms with Gasteiger partial charge in [-0.05, 0) is 43.9 Å². The highest BCUT2D eigenvalue weighted by atomic mass is 35.5. The molecular weight excluding hydrogens is 244 g/mol. The zero-order valence-corrected chi connectivity index (χ0v) is 11.6. The van der Waals surface area contributed by atoms with Crippen LogP contribution in [0, 0.1) is 11.3 Å². The highest BCUT2D eigenvalue weighted by molar-refractivity contribution is 6.30. The van der Waals surface area contributed by atoms with E-state index in [4.69, 9.17) is 11.6 Å². The van der Waals surface area contributed by atoms with Gasteiger partial charge in [0.1, 0.15) is 6.07 Å². The van der Waals surface area contributed by atoms with Crippen LogP contribution in [0.2, 0.25) is 5.02 Å². The summed E-state index contributed by atoms with van der Waals surface area (Å²) in [6.45, 7) is 3.26. The second-order valence-electron chi connectivity index (χ2n) is 4.90. The van der Waals surface area contributed by atoms with Crippen LogP contribution in [0.4, 0.5) is 5.69 Å². The molecule has 96 valence electrons. The molecule has 0 radical (unpaired) electrons. The smallest absolute Gasteiger partial charge is 0.101 e. The van der Waals surface area contributed by atoms with Gasteiger partial charge in [-0.2, -0.15) is 5.26 Å². The number of benzene rings is 1. The lowest BCUT2D eigenvalue weighted by Crippen LogP contribution is -2.39. The summed E-state index contributed by atoms with van der Waals surface area (Å²) in [5.74, 6) is 0. The summed E-state index contributed by atoms with van der Waals surface area (Å²) in [6.07, 6.45) is 6.10. The van der Waals surface area contributed by atoms with Crippen molar-refractivity contribution in [3.05, 3.63) is 28.8 Å². The second-order valence-corrected chi connectivity index (χ2v) is 5.34. The topological polar surface area (TPSA) is 27.0 Å². The molecule has 1 atom stereocenters. The summed E-state index contributed by atoms with van der Waals surface area (Å²) in [6, 6.07) is 8.41. The van der Waals surface area contributed by atoms with E-state index < -0.39 is 0 Å². The fourth-order valence-electron chi connectivity index (χ4n) is 2.79. The molecular formula is C15H19ClN2. The predicted molar refractivity (Wildman–Crippen MR) is 76.1 cm³/mol. The fourth-order valence-corrected chi connectivity index (χ4v) is 2.95. The summed E-state index contributed by atoms with van der Waals surface area (Å²) in [5, 5.41) is 9.95. The van der Waals surface area contributed by atoms with Crippen molar-refractivity contribution >= 4 is 17.3 Å². The molecule has 0 aliphatic carbocycles. The Labute approximate surface area is 114 Å². The van der Waals surface area contributed by atoms with E-state index in [1.807, 2.05) is 12.1 Å². The van der Waals surface area contributed by atoms with Crippen molar-refractivity contribution in [1.82, 2.24) is 0 Å². The van der Waals surface area contributed by atoms with E-state index in [2.05, 4.69) is 17.9 Å². The normalized spacial score (nSPS) is 19.6. The van der Waals surface area contributed by atoms with Gasteiger partial charge in [0, 0.05) is 17.6 Å². The Balaban J connectivity index is 2.33. The number of hydrogen-bond acceptors (Lipinski definition) is 2.